The first-order chi connectivity index (χ1) is 67.1. The van der Waals surface area contributed by atoms with Crippen LogP contribution in [0.3, 0.4) is 0 Å². The van der Waals surface area contributed by atoms with E-state index in [0.29, 0.717) is 0 Å². The maximum Gasteiger partial charge on any atom is 0.208 e. The minimum absolute atomic E-state index is 0.0302. The molecule has 0 nitrogen and oxygen atoms in total. The molecule has 0 radical (unpaired) electrons. The van der Waals surface area contributed by atoms with Gasteiger partial charge in [-0.3, -0.25) is 0 Å². The summed E-state index contributed by atoms with van der Waals surface area (Å²) in [5.74, 6) is 0. The summed E-state index contributed by atoms with van der Waals surface area (Å²) in [6.07, 6.45) is 0. The van der Waals surface area contributed by atoms with E-state index >= 15 is 0 Å². The van der Waals surface area contributed by atoms with Crippen LogP contribution in [0.5, 0.6) is 0 Å². The standard InChI is InChI=1S/C21H17Br2S.2C18H8Br5S.C18H9Br4S.C18H9Br3ClS.C18H10Br2ClS/c1-12-8-13(2)21(14(3)9-12)24-19-6-4-15(22)10-17(19)18-11-16(23)5-7-20(18)24;2*19-9-1-3-16-12(5-9)13-6-10(20)2-4-17(13)24(16)18-14(22)7-11(21)8-15(18)23;19-10-1-4-16-13(7-10)14-8-11(20)2-5-17(14)23(16)18-6-3-12(21)9-15(18)22;19-10-1-4-16-13(7-10)14-8-11(20)2-5-17(14)23(16)18-6-3-12(22)9-15(18)21;19-11-1-7-17-15(9-11)16-10-12(20)2-8-18(16)22(17)14-5-3-13(21)4-6-14/h4-11H,1-3H3;2*1-8H;2*1-9H;1-10H/q6*+1. The second kappa shape index (κ2) is 45.5. The molecule has 24 rings (SSSR count). The van der Waals surface area contributed by atoms with E-state index in [9.17, 15) is 0 Å². The van der Waals surface area contributed by atoms with Crippen molar-refractivity contribution in [1.29, 1.82) is 0 Å². The smallest absolute Gasteiger partial charge is 0.0843 e. The Morgan fingerprint density at radius 2 is 0.343 bits per heavy atom. The third kappa shape index (κ3) is 22.2. The summed E-state index contributed by atoms with van der Waals surface area (Å²) < 4.78 is 39.6. The van der Waals surface area contributed by atoms with Gasteiger partial charge in [0.25, 0.3) is 0 Å². The highest BCUT2D eigenvalue weighted by atomic mass is 79.9. The fourth-order valence-electron chi connectivity index (χ4n) is 17.6. The zero-order valence-electron chi connectivity index (χ0n) is 72.2. The van der Waals surface area contributed by atoms with Crippen LogP contribution in [0.2, 0.25) is 10.0 Å². The average Bonchev–Trinajstić information content (AvgIpc) is 1.62. The summed E-state index contributed by atoms with van der Waals surface area (Å²) in [4.78, 5) is 7.92. The normalized spacial score (nSPS) is 11.5. The van der Waals surface area contributed by atoms with Crippen LogP contribution in [-0.2, 0) is 0 Å². The zero-order valence-corrected chi connectivity index (χ0v) is 112. The highest BCUT2D eigenvalue weighted by molar-refractivity contribution is 9.14. The third-order valence-corrected chi connectivity index (χ3v) is 50.9. The van der Waals surface area contributed by atoms with Gasteiger partial charge in [0.2, 0.25) is 9.79 Å². The summed E-state index contributed by atoms with van der Waals surface area (Å²) in [6.45, 7) is 6.67. The average molecular weight is 3340 g/mol. The molecule has 0 spiro atoms. The van der Waals surface area contributed by atoms with Crippen LogP contribution in [0, 0.1) is 20.8 Å². The van der Waals surface area contributed by atoms with Crippen molar-refractivity contribution in [2.24, 2.45) is 0 Å². The predicted molar refractivity (Wildman–Crippen MR) is 698 cm³/mol. The lowest BCUT2D eigenvalue weighted by molar-refractivity contribution is 1.35. The largest absolute Gasteiger partial charge is 0.208 e. The summed E-state index contributed by atoms with van der Waals surface area (Å²) in [7, 11) is -0.596. The molecular weight excluding hydrogens is 3270 g/mol. The predicted octanol–water partition coefficient (Wildman–Crippen LogP) is 52.6. The molecule has 0 bridgehead atoms. The van der Waals surface area contributed by atoms with Gasteiger partial charge in [-0.25, -0.2) is 0 Å². The molecule has 6 heterocycles. The number of hydrogen-bond acceptors (Lipinski definition) is 0. The molecule has 696 valence electrons. The van der Waals surface area contributed by atoms with E-state index in [4.69, 9.17) is 23.2 Å². The molecule has 0 saturated heterocycles. The third-order valence-electron chi connectivity index (χ3n) is 23.1. The van der Waals surface area contributed by atoms with Crippen molar-refractivity contribution in [3.05, 3.63) is 436 Å². The summed E-state index contributed by atoms with van der Waals surface area (Å²) in [5, 5.41) is 17.2. The van der Waals surface area contributed by atoms with Crippen LogP contribution in [0.25, 0.3) is 150 Å². The molecule has 0 unspecified atom stereocenters. The molecule has 0 atom stereocenters. The lowest BCUT2D eigenvalue weighted by Crippen LogP contribution is -1.86. The minimum Gasteiger partial charge on any atom is -0.0843 e. The van der Waals surface area contributed by atoms with Crippen molar-refractivity contribution < 1.29 is 0 Å². The molecule has 24 aromatic rings. The van der Waals surface area contributed by atoms with Crippen molar-refractivity contribution in [2.45, 2.75) is 20.8 Å². The number of rotatable bonds is 6. The van der Waals surface area contributed by atoms with Crippen LogP contribution >= 0.6 is 421 Å². The first kappa shape index (κ1) is 106. The van der Waals surface area contributed by atoms with Gasteiger partial charge in [0.1, 0.15) is 0 Å². The molecule has 140 heavy (non-hydrogen) atoms. The highest BCUT2D eigenvalue weighted by Gasteiger charge is 2.35. The van der Waals surface area contributed by atoms with Gasteiger partial charge in [-0.05, 0) is 335 Å². The van der Waals surface area contributed by atoms with Crippen molar-refractivity contribution in [1.82, 2.24) is 0 Å². The highest BCUT2D eigenvalue weighted by Crippen LogP contribution is 2.61. The summed E-state index contributed by atoms with van der Waals surface area (Å²) in [5.41, 5.74) is 4.12. The van der Waals surface area contributed by atoms with Crippen molar-refractivity contribution in [3.8, 4) is 29.4 Å². The molecular formula is C111H61Br21Cl2S6+6. The number of benzene rings is 18. The van der Waals surface area contributed by atoms with Crippen molar-refractivity contribution >= 4 is 542 Å². The van der Waals surface area contributed by atoms with E-state index in [1.165, 1.54) is 167 Å². The first-order valence-corrected chi connectivity index (χ1v) is 66.9. The second-order valence-electron chi connectivity index (χ2n) is 32.3. The first-order valence-electron chi connectivity index (χ1n) is 42.1. The molecule has 0 aliphatic carbocycles. The quantitative estimate of drug-likeness (QED) is 0.146. The Morgan fingerprint density at radius 1 is 0.157 bits per heavy atom. The molecule has 29 heteroatoms. The molecule has 0 aliphatic rings. The number of aryl methyl sites for hydroxylation is 3. The number of halogens is 23. The van der Waals surface area contributed by atoms with E-state index in [0.717, 1.165) is 104 Å². The Balaban J connectivity index is 0.000000107. The zero-order chi connectivity index (χ0) is 98.6. The Hall–Kier alpha value is -2.06. The van der Waals surface area contributed by atoms with Crippen LogP contribution in [0.4, 0.5) is 0 Å². The van der Waals surface area contributed by atoms with E-state index in [1.807, 2.05) is 24.3 Å². The van der Waals surface area contributed by atoms with Gasteiger partial charge in [0.15, 0.2) is 76.0 Å². The minimum atomic E-state index is -0.145. The van der Waals surface area contributed by atoms with E-state index < -0.39 is 0 Å². The molecule has 0 amide bonds. The Kier molecular flexibility index (Phi) is 34.5. The Bertz CT molecular complexity index is 8170. The SMILES string of the molecule is Brc1cc(Br)c(-[s+]2c3ccc(Br)cc3c3cc(Br)ccc32)c(Br)c1.Brc1cc(Br)c(-[s+]2c3ccc(Br)cc3c3cc(Br)ccc32)c(Br)c1.Brc1ccc(-[s+]2c3ccc(Br)cc3c3cc(Br)ccc32)c(Br)c1.Cc1cc(C)c(-[s+]2c3ccc(Br)cc3c3cc(Br)ccc32)c(C)c1.Clc1ccc(-[s+]2c3ccc(Br)cc3c3cc(Br)ccc32)c(Br)c1.Clc1ccc(-[s+]2c3ccc(Br)cc3c3cc(Br)ccc32)cc1. The monoisotopic (exact) mass is 3310 g/mol. The van der Waals surface area contributed by atoms with Gasteiger partial charge in [0.05, 0.1) is 26.8 Å². The van der Waals surface area contributed by atoms with Crippen molar-refractivity contribution in [3.63, 3.8) is 0 Å². The fourth-order valence-corrected chi connectivity index (χ4v) is 45.6. The Morgan fingerprint density at radius 3 is 0.579 bits per heavy atom. The van der Waals surface area contributed by atoms with Crippen LogP contribution < -0.4 is 0 Å². The number of hydrogen-bond donors (Lipinski definition) is 0. The van der Waals surface area contributed by atoms with E-state index in [2.05, 4.69) is 646 Å². The van der Waals surface area contributed by atoms with Crippen molar-refractivity contribution in [2.75, 3.05) is 0 Å². The lowest BCUT2D eigenvalue weighted by Gasteiger charge is -2.05. The van der Waals surface area contributed by atoms with Crippen LogP contribution in [0.1, 0.15) is 16.7 Å². The van der Waals surface area contributed by atoms with E-state index in [-0.39, 0.29) is 62.8 Å². The van der Waals surface area contributed by atoms with Gasteiger partial charge < -0.3 is 0 Å². The van der Waals surface area contributed by atoms with Crippen LogP contribution in [0.15, 0.2) is 409 Å². The molecule has 6 aromatic heterocycles. The molecule has 18 aromatic carbocycles. The van der Waals surface area contributed by atoms with Gasteiger partial charge in [-0.1, -0.05) is 280 Å². The van der Waals surface area contributed by atoms with Gasteiger partial charge in [-0.15, -0.1) is 0 Å². The summed E-state index contributed by atoms with van der Waals surface area (Å²) >= 11 is 88.7. The number of fused-ring (bicyclic) bond motifs is 18. The number of thiophene rings is 6. The van der Waals surface area contributed by atoms with Gasteiger partial charge in [-0.2, -0.15) is 0 Å². The molecule has 0 aliphatic heterocycles. The topological polar surface area (TPSA) is 0 Å². The van der Waals surface area contributed by atoms with E-state index in [1.54, 1.807) is 0 Å². The second-order valence-corrected chi connectivity index (χ2v) is 63.5. The van der Waals surface area contributed by atoms with Gasteiger partial charge in [0, 0.05) is 301 Å². The lowest BCUT2D eigenvalue weighted by atomic mass is 10.1. The Labute approximate surface area is 1010 Å². The molecule has 0 N–H and O–H groups in total. The van der Waals surface area contributed by atoms with Gasteiger partial charge >= 0.3 is 0 Å². The molecule has 0 saturated carbocycles. The summed E-state index contributed by atoms with van der Waals surface area (Å²) in [6, 6.07) is 113. The maximum atomic E-state index is 6.13. The molecule has 0 fully saturated rings. The fraction of sp³-hybridized carbons (Fsp3) is 0.0270. The maximum absolute atomic E-state index is 6.13. The van der Waals surface area contributed by atoms with Crippen LogP contribution in [-0.4, -0.2) is 0 Å².